The van der Waals surface area contributed by atoms with E-state index >= 15 is 0 Å². The van der Waals surface area contributed by atoms with E-state index in [0.717, 1.165) is 32.4 Å². The molecule has 0 aromatic carbocycles. The highest BCUT2D eigenvalue weighted by atomic mass is 35.5. The Hall–Kier alpha value is -0.810. The first kappa shape index (κ1) is 17.5. The average molecular weight is 330 g/mol. The zero-order valence-corrected chi connectivity index (χ0v) is 14.3. The Labute approximate surface area is 139 Å². The maximum absolute atomic E-state index is 12.8. The molecule has 2 bridgehead atoms. The normalized spacial score (nSPS) is 34.4. The summed E-state index contributed by atoms with van der Waals surface area (Å²) in [5.74, 6) is 1.54. The van der Waals surface area contributed by atoms with Gasteiger partial charge >= 0.3 is 0 Å². The van der Waals surface area contributed by atoms with Gasteiger partial charge in [-0.3, -0.25) is 9.59 Å². The summed E-state index contributed by atoms with van der Waals surface area (Å²) in [7, 11) is 1.86. The summed E-state index contributed by atoms with van der Waals surface area (Å²) in [5.41, 5.74) is 6.29. The van der Waals surface area contributed by atoms with Crippen LogP contribution in [-0.2, 0) is 9.59 Å². The van der Waals surface area contributed by atoms with Gasteiger partial charge in [0.25, 0.3) is 0 Å². The molecule has 0 aromatic rings. The Bertz CT molecular complexity index is 435. The number of nitrogens with two attached hydrogens (primary N) is 1. The van der Waals surface area contributed by atoms with E-state index in [1.807, 2.05) is 16.8 Å². The molecule has 0 aromatic heterocycles. The topological polar surface area (TPSA) is 66.6 Å². The molecular formula is C16H28ClN3O2. The minimum atomic E-state index is 0. The van der Waals surface area contributed by atoms with Gasteiger partial charge in [0, 0.05) is 39.1 Å². The highest BCUT2D eigenvalue weighted by Crippen LogP contribution is 2.48. The molecular weight excluding hydrogens is 302 g/mol. The second-order valence-electron chi connectivity index (χ2n) is 7.12. The smallest absolute Gasteiger partial charge is 0.227 e. The van der Waals surface area contributed by atoms with Crippen LogP contribution in [0.15, 0.2) is 0 Å². The Morgan fingerprint density at radius 2 is 1.68 bits per heavy atom. The van der Waals surface area contributed by atoms with Crippen molar-refractivity contribution < 1.29 is 9.59 Å². The highest BCUT2D eigenvalue weighted by Gasteiger charge is 2.50. The standard InChI is InChI=1S/C16H27N3O2.ClH/c1-10(20)18(2)13-5-7-19(8-6-13)16(21)14-11-3-4-12(9-11)15(14)17;/h11-15H,3-9,17H2,1-2H3;1H. The molecule has 3 aliphatic rings. The van der Waals surface area contributed by atoms with E-state index in [2.05, 4.69) is 0 Å². The first-order valence-corrected chi connectivity index (χ1v) is 8.26. The van der Waals surface area contributed by atoms with Crippen molar-refractivity contribution in [2.45, 2.75) is 51.1 Å². The van der Waals surface area contributed by atoms with Crippen molar-refractivity contribution in [2.24, 2.45) is 23.5 Å². The van der Waals surface area contributed by atoms with Crippen molar-refractivity contribution in [1.29, 1.82) is 0 Å². The van der Waals surface area contributed by atoms with Crippen LogP contribution in [0.5, 0.6) is 0 Å². The molecule has 5 nitrogen and oxygen atoms in total. The van der Waals surface area contributed by atoms with Gasteiger partial charge in [-0.2, -0.15) is 0 Å². The molecule has 2 N–H and O–H groups in total. The van der Waals surface area contributed by atoms with Gasteiger partial charge in [-0.25, -0.2) is 0 Å². The number of nitrogens with zero attached hydrogens (tertiary/aromatic N) is 2. The predicted molar refractivity (Wildman–Crippen MR) is 87.6 cm³/mol. The summed E-state index contributed by atoms with van der Waals surface area (Å²) in [6.45, 7) is 3.13. The van der Waals surface area contributed by atoms with Gasteiger partial charge in [0.2, 0.25) is 11.8 Å². The third-order valence-corrected chi connectivity index (χ3v) is 6.09. The van der Waals surface area contributed by atoms with Gasteiger partial charge in [0.15, 0.2) is 0 Å². The minimum absolute atomic E-state index is 0. The van der Waals surface area contributed by atoms with Crippen LogP contribution in [0.1, 0.15) is 39.0 Å². The van der Waals surface area contributed by atoms with E-state index in [1.165, 1.54) is 12.8 Å². The molecule has 4 atom stereocenters. The number of amides is 2. The van der Waals surface area contributed by atoms with Gasteiger partial charge in [-0.05, 0) is 43.9 Å². The summed E-state index contributed by atoms with van der Waals surface area (Å²) in [5, 5.41) is 0. The molecule has 22 heavy (non-hydrogen) atoms. The van der Waals surface area contributed by atoms with Crippen LogP contribution in [0.25, 0.3) is 0 Å². The quantitative estimate of drug-likeness (QED) is 0.829. The maximum atomic E-state index is 12.8. The van der Waals surface area contributed by atoms with E-state index in [1.54, 1.807) is 6.92 Å². The number of hydrogen-bond donors (Lipinski definition) is 1. The van der Waals surface area contributed by atoms with Crippen molar-refractivity contribution in [3.63, 3.8) is 0 Å². The Morgan fingerprint density at radius 1 is 1.09 bits per heavy atom. The second-order valence-corrected chi connectivity index (χ2v) is 7.12. The number of carbonyl (C=O) groups excluding carboxylic acids is 2. The fourth-order valence-corrected chi connectivity index (χ4v) is 4.64. The third-order valence-electron chi connectivity index (χ3n) is 6.09. The van der Waals surface area contributed by atoms with E-state index in [4.69, 9.17) is 5.73 Å². The summed E-state index contributed by atoms with van der Waals surface area (Å²) < 4.78 is 0. The molecule has 4 unspecified atom stereocenters. The molecule has 1 aliphatic heterocycles. The van der Waals surface area contributed by atoms with E-state index in [9.17, 15) is 9.59 Å². The molecule has 1 saturated heterocycles. The molecule has 6 heteroatoms. The first-order valence-electron chi connectivity index (χ1n) is 8.26. The molecule has 2 saturated carbocycles. The highest BCUT2D eigenvalue weighted by molar-refractivity contribution is 5.85. The van der Waals surface area contributed by atoms with E-state index in [-0.39, 0.29) is 42.2 Å². The number of fused-ring (bicyclic) bond motifs is 2. The van der Waals surface area contributed by atoms with Crippen LogP contribution in [-0.4, -0.2) is 53.8 Å². The van der Waals surface area contributed by atoms with Crippen LogP contribution in [0.3, 0.4) is 0 Å². The number of carbonyl (C=O) groups is 2. The van der Waals surface area contributed by atoms with E-state index < -0.39 is 0 Å². The average Bonchev–Trinajstić information content (AvgIpc) is 3.07. The molecule has 126 valence electrons. The third kappa shape index (κ3) is 2.98. The molecule has 3 rings (SSSR count). The van der Waals surface area contributed by atoms with Crippen molar-refractivity contribution in [3.05, 3.63) is 0 Å². The minimum Gasteiger partial charge on any atom is -0.343 e. The molecule has 0 radical (unpaired) electrons. The molecule has 3 fully saturated rings. The van der Waals surface area contributed by atoms with Gasteiger partial charge in [0.05, 0.1) is 5.92 Å². The van der Waals surface area contributed by atoms with Crippen LogP contribution in [0, 0.1) is 17.8 Å². The van der Waals surface area contributed by atoms with Gasteiger partial charge < -0.3 is 15.5 Å². The lowest BCUT2D eigenvalue weighted by molar-refractivity contribution is -0.140. The molecule has 2 aliphatic carbocycles. The number of halogens is 1. The van der Waals surface area contributed by atoms with Gasteiger partial charge in [0.1, 0.15) is 0 Å². The first-order chi connectivity index (χ1) is 9.99. The number of piperidine rings is 1. The van der Waals surface area contributed by atoms with Gasteiger partial charge in [-0.1, -0.05) is 0 Å². The lowest BCUT2D eigenvalue weighted by Gasteiger charge is -2.39. The SMILES string of the molecule is CC(=O)N(C)C1CCN(C(=O)C2C3CCC(C3)C2N)CC1.Cl. The fraction of sp³-hybridized carbons (Fsp3) is 0.875. The summed E-state index contributed by atoms with van der Waals surface area (Å²) in [6, 6.07) is 0.356. The fourth-order valence-electron chi connectivity index (χ4n) is 4.64. The summed E-state index contributed by atoms with van der Waals surface area (Å²) in [6.07, 6.45) is 5.32. The van der Waals surface area contributed by atoms with Crippen LogP contribution < -0.4 is 5.73 Å². The molecule has 2 amide bonds. The van der Waals surface area contributed by atoms with Crippen molar-refractivity contribution in [2.75, 3.05) is 20.1 Å². The zero-order valence-electron chi connectivity index (χ0n) is 13.5. The molecule has 1 heterocycles. The Balaban J connectivity index is 0.00000176. The van der Waals surface area contributed by atoms with Gasteiger partial charge in [-0.15, -0.1) is 12.4 Å². The van der Waals surface area contributed by atoms with Crippen molar-refractivity contribution in [1.82, 2.24) is 9.80 Å². The van der Waals surface area contributed by atoms with Crippen molar-refractivity contribution >= 4 is 24.2 Å². The van der Waals surface area contributed by atoms with Crippen LogP contribution >= 0.6 is 12.4 Å². The lowest BCUT2D eigenvalue weighted by Crippen LogP contribution is -2.52. The maximum Gasteiger partial charge on any atom is 0.227 e. The predicted octanol–water partition coefficient (Wildman–Crippen LogP) is 1.25. The summed E-state index contributed by atoms with van der Waals surface area (Å²) in [4.78, 5) is 28.0. The van der Waals surface area contributed by atoms with Crippen LogP contribution in [0.4, 0.5) is 0 Å². The largest absolute Gasteiger partial charge is 0.343 e. The Morgan fingerprint density at radius 3 is 2.18 bits per heavy atom. The summed E-state index contributed by atoms with van der Waals surface area (Å²) >= 11 is 0. The van der Waals surface area contributed by atoms with Crippen LogP contribution in [0.2, 0.25) is 0 Å². The number of likely N-dealkylation sites (tertiary alicyclic amines) is 1. The Kier molecular flexibility index (Phi) is 5.38. The van der Waals surface area contributed by atoms with Crippen molar-refractivity contribution in [3.8, 4) is 0 Å². The number of rotatable bonds is 2. The number of hydrogen-bond acceptors (Lipinski definition) is 3. The zero-order chi connectivity index (χ0) is 15.1. The second kappa shape index (κ2) is 6.75. The van der Waals surface area contributed by atoms with E-state index in [0.29, 0.717) is 11.8 Å². The monoisotopic (exact) mass is 329 g/mol. The lowest BCUT2D eigenvalue weighted by atomic mass is 9.83. The molecule has 0 spiro atoms.